The highest BCUT2D eigenvalue weighted by Crippen LogP contribution is 2.28. The van der Waals surface area contributed by atoms with E-state index in [9.17, 15) is 8.42 Å². The van der Waals surface area contributed by atoms with Crippen molar-refractivity contribution in [3.63, 3.8) is 0 Å². The van der Waals surface area contributed by atoms with E-state index in [1.54, 1.807) is 0 Å². The molecule has 0 unspecified atom stereocenters. The normalized spacial score (nSPS) is 15.2. The van der Waals surface area contributed by atoms with Gasteiger partial charge in [-0.3, -0.25) is 0 Å². The molecule has 0 amide bonds. The van der Waals surface area contributed by atoms with Gasteiger partial charge in [-0.2, -0.15) is 9.57 Å². The van der Waals surface area contributed by atoms with Gasteiger partial charge in [0.05, 0.1) is 15.5 Å². The predicted octanol–water partition coefficient (Wildman–Crippen LogP) is 3.30. The Morgan fingerprint density at radius 1 is 1.13 bits per heavy atom. The fourth-order valence-electron chi connectivity index (χ4n) is 2.48. The molecule has 0 aromatic heterocycles. The van der Waals surface area contributed by atoms with E-state index in [0.717, 1.165) is 11.1 Å². The summed E-state index contributed by atoms with van der Waals surface area (Å²) in [6.45, 7) is 0.633. The second-order valence-corrected chi connectivity index (χ2v) is 7.49. The van der Waals surface area contributed by atoms with Gasteiger partial charge in [-0.1, -0.05) is 48.0 Å². The smallest absolute Gasteiger partial charge is 0.207 e. The van der Waals surface area contributed by atoms with Crippen LogP contribution in [0.25, 0.3) is 5.57 Å². The molecule has 0 saturated heterocycles. The first-order valence-corrected chi connectivity index (χ1v) is 8.78. The summed E-state index contributed by atoms with van der Waals surface area (Å²) in [5, 5.41) is 9.26. The lowest BCUT2D eigenvalue weighted by Crippen LogP contribution is -2.29. The zero-order chi connectivity index (χ0) is 16.4. The van der Waals surface area contributed by atoms with E-state index < -0.39 is 10.0 Å². The third-order valence-electron chi connectivity index (χ3n) is 3.73. The van der Waals surface area contributed by atoms with Crippen molar-refractivity contribution in [2.24, 2.45) is 0 Å². The largest absolute Gasteiger partial charge is 0.243 e. The Morgan fingerprint density at radius 2 is 1.87 bits per heavy atom. The molecule has 2 aromatic carbocycles. The highest BCUT2D eigenvalue weighted by atomic mass is 35.5. The number of benzene rings is 2. The Morgan fingerprint density at radius 3 is 2.57 bits per heavy atom. The third kappa shape index (κ3) is 3.02. The van der Waals surface area contributed by atoms with Gasteiger partial charge >= 0.3 is 0 Å². The Hall–Kier alpha value is -2.13. The van der Waals surface area contributed by atoms with Gasteiger partial charge < -0.3 is 0 Å². The van der Waals surface area contributed by atoms with Gasteiger partial charge in [-0.25, -0.2) is 8.42 Å². The van der Waals surface area contributed by atoms with Crippen molar-refractivity contribution in [1.82, 2.24) is 4.31 Å². The van der Waals surface area contributed by atoms with Crippen LogP contribution < -0.4 is 0 Å². The van der Waals surface area contributed by atoms with E-state index in [0.29, 0.717) is 13.1 Å². The van der Waals surface area contributed by atoms with Crippen LogP contribution in [-0.2, 0) is 10.0 Å². The van der Waals surface area contributed by atoms with Crippen molar-refractivity contribution >= 4 is 27.2 Å². The maximum atomic E-state index is 12.7. The van der Waals surface area contributed by atoms with Crippen LogP contribution in [0.2, 0.25) is 5.02 Å². The number of hydrogen-bond donors (Lipinski definition) is 0. The fourth-order valence-corrected chi connectivity index (χ4v) is 4.02. The van der Waals surface area contributed by atoms with Crippen LogP contribution in [-0.4, -0.2) is 25.8 Å². The highest BCUT2D eigenvalue weighted by Gasteiger charge is 2.28. The maximum Gasteiger partial charge on any atom is 0.243 e. The lowest BCUT2D eigenvalue weighted by atomic mass is 10.1. The first kappa shape index (κ1) is 15.8. The fraction of sp³-hybridized carbons (Fsp3) is 0.118. The molecule has 1 aliphatic rings. The summed E-state index contributed by atoms with van der Waals surface area (Å²) >= 11 is 5.87. The van der Waals surface area contributed by atoms with Crippen LogP contribution in [0.3, 0.4) is 0 Å². The average molecular weight is 345 g/mol. The summed E-state index contributed by atoms with van der Waals surface area (Å²) < 4.78 is 26.9. The van der Waals surface area contributed by atoms with E-state index in [4.69, 9.17) is 16.9 Å². The molecule has 0 radical (unpaired) electrons. The standard InChI is InChI=1S/C17H13ClN2O2S/c18-17-7-6-16(10-15(17)11-19)23(21,22)20-9-8-14(12-20)13-4-2-1-3-5-13/h1-8,10H,9,12H2. The molecule has 116 valence electrons. The molecule has 0 atom stereocenters. The van der Waals surface area contributed by atoms with Crippen molar-refractivity contribution in [2.75, 3.05) is 13.1 Å². The van der Waals surface area contributed by atoms with Gasteiger partial charge in [0.1, 0.15) is 6.07 Å². The molecule has 3 rings (SSSR count). The molecule has 0 bridgehead atoms. The minimum absolute atomic E-state index is 0.0844. The number of hydrogen-bond acceptors (Lipinski definition) is 3. The molecule has 2 aromatic rings. The maximum absolute atomic E-state index is 12.7. The predicted molar refractivity (Wildman–Crippen MR) is 89.3 cm³/mol. The quantitative estimate of drug-likeness (QED) is 0.858. The lowest BCUT2D eigenvalue weighted by Gasteiger charge is -2.17. The van der Waals surface area contributed by atoms with Gasteiger partial charge in [0, 0.05) is 13.1 Å². The highest BCUT2D eigenvalue weighted by molar-refractivity contribution is 7.89. The van der Waals surface area contributed by atoms with Crippen molar-refractivity contribution < 1.29 is 8.42 Å². The molecule has 4 nitrogen and oxygen atoms in total. The van der Waals surface area contributed by atoms with Crippen LogP contribution in [0.15, 0.2) is 59.5 Å². The second-order valence-electron chi connectivity index (χ2n) is 5.15. The molecule has 1 heterocycles. The summed E-state index contributed by atoms with van der Waals surface area (Å²) in [5.74, 6) is 0. The first-order chi connectivity index (χ1) is 11.0. The monoisotopic (exact) mass is 344 g/mol. The number of rotatable bonds is 3. The zero-order valence-electron chi connectivity index (χ0n) is 12.1. The van der Waals surface area contributed by atoms with Gasteiger partial charge in [0.15, 0.2) is 0 Å². The molecule has 23 heavy (non-hydrogen) atoms. The van der Waals surface area contributed by atoms with Crippen molar-refractivity contribution in [2.45, 2.75) is 4.90 Å². The minimum atomic E-state index is -3.66. The molecule has 0 N–H and O–H groups in total. The Bertz CT molecular complexity index is 915. The molecule has 0 fully saturated rings. The van der Waals surface area contributed by atoms with E-state index in [2.05, 4.69) is 0 Å². The Kier molecular flexibility index (Phi) is 4.22. The third-order valence-corrected chi connectivity index (χ3v) is 5.87. The summed E-state index contributed by atoms with van der Waals surface area (Å²) in [4.78, 5) is 0.0844. The zero-order valence-corrected chi connectivity index (χ0v) is 13.7. The molecule has 1 aliphatic heterocycles. The van der Waals surface area contributed by atoms with E-state index >= 15 is 0 Å². The van der Waals surface area contributed by atoms with Crippen LogP contribution in [0, 0.1) is 11.3 Å². The number of nitriles is 1. The summed E-state index contributed by atoms with van der Waals surface area (Å²) in [5.41, 5.74) is 2.14. The Labute approximate surface area is 140 Å². The molecule has 0 aliphatic carbocycles. The van der Waals surface area contributed by atoms with E-state index in [1.165, 1.54) is 22.5 Å². The molecule has 0 saturated carbocycles. The van der Waals surface area contributed by atoms with E-state index in [1.807, 2.05) is 42.5 Å². The second kappa shape index (κ2) is 6.17. The molecular weight excluding hydrogens is 332 g/mol. The first-order valence-electron chi connectivity index (χ1n) is 6.96. The number of sulfonamides is 1. The van der Waals surface area contributed by atoms with E-state index in [-0.39, 0.29) is 15.5 Å². The minimum Gasteiger partial charge on any atom is -0.207 e. The summed E-state index contributed by atoms with van der Waals surface area (Å²) in [6.07, 6.45) is 1.91. The van der Waals surface area contributed by atoms with Crippen LogP contribution >= 0.6 is 11.6 Å². The summed E-state index contributed by atoms with van der Waals surface area (Å²) in [7, 11) is -3.66. The van der Waals surface area contributed by atoms with Crippen LogP contribution in [0.1, 0.15) is 11.1 Å². The lowest BCUT2D eigenvalue weighted by molar-refractivity contribution is 0.490. The van der Waals surface area contributed by atoms with Crippen LogP contribution in [0.5, 0.6) is 0 Å². The SMILES string of the molecule is N#Cc1cc(S(=O)(=O)N2CC=C(c3ccccc3)C2)ccc1Cl. The molecule has 6 heteroatoms. The molecular formula is C17H13ClN2O2S. The summed E-state index contributed by atoms with van der Waals surface area (Å²) in [6, 6.07) is 15.8. The Balaban J connectivity index is 1.87. The molecule has 0 spiro atoms. The van der Waals surface area contributed by atoms with Crippen LogP contribution in [0.4, 0.5) is 0 Å². The van der Waals surface area contributed by atoms with Gasteiger partial charge in [0.25, 0.3) is 0 Å². The van der Waals surface area contributed by atoms with Gasteiger partial charge in [-0.15, -0.1) is 0 Å². The van der Waals surface area contributed by atoms with Gasteiger partial charge in [0.2, 0.25) is 10.0 Å². The topological polar surface area (TPSA) is 61.2 Å². The van der Waals surface area contributed by atoms with Crippen molar-refractivity contribution in [3.05, 3.63) is 70.8 Å². The van der Waals surface area contributed by atoms with Crippen molar-refractivity contribution in [3.8, 4) is 6.07 Å². The number of halogens is 1. The average Bonchev–Trinajstić information content (AvgIpc) is 3.07. The number of nitrogens with zero attached hydrogens (tertiary/aromatic N) is 2. The van der Waals surface area contributed by atoms with Crippen molar-refractivity contribution in [1.29, 1.82) is 5.26 Å². The van der Waals surface area contributed by atoms with Gasteiger partial charge in [-0.05, 0) is 29.3 Å².